The summed E-state index contributed by atoms with van der Waals surface area (Å²) in [5.74, 6) is 1.61. The first-order valence-electron chi connectivity index (χ1n) is 5.98. The van der Waals surface area contributed by atoms with E-state index in [4.69, 9.17) is 9.47 Å². The zero-order valence-corrected chi connectivity index (χ0v) is 10.8. The van der Waals surface area contributed by atoms with Crippen molar-refractivity contribution in [2.45, 2.75) is 0 Å². The van der Waals surface area contributed by atoms with Crippen LogP contribution in [0.25, 0.3) is 16.9 Å². The fourth-order valence-electron chi connectivity index (χ4n) is 2.05. The Morgan fingerprint density at radius 1 is 0.947 bits per heavy atom. The number of methoxy groups -OCH3 is 2. The fraction of sp³-hybridized carbons (Fsp3) is 0.133. The van der Waals surface area contributed by atoms with Crippen molar-refractivity contribution in [1.82, 2.24) is 9.38 Å². The molecule has 4 heteroatoms. The second-order valence-electron chi connectivity index (χ2n) is 4.15. The first-order chi connectivity index (χ1) is 9.31. The number of imidazole rings is 1. The standard InChI is InChI=1S/C15H14N2O2/c1-18-12-8-6-11(7-9-12)13-10-17-14(16-13)4-3-5-15(17)19-2/h3-10H,1-2H3. The van der Waals surface area contributed by atoms with E-state index >= 15 is 0 Å². The molecule has 4 nitrogen and oxygen atoms in total. The predicted octanol–water partition coefficient (Wildman–Crippen LogP) is 3.02. The van der Waals surface area contributed by atoms with Crippen molar-refractivity contribution in [2.75, 3.05) is 14.2 Å². The normalized spacial score (nSPS) is 10.6. The molecule has 2 heterocycles. The number of benzene rings is 1. The molecule has 0 fully saturated rings. The summed E-state index contributed by atoms with van der Waals surface area (Å²) in [5.41, 5.74) is 2.82. The second kappa shape index (κ2) is 4.65. The zero-order valence-electron chi connectivity index (χ0n) is 10.8. The topological polar surface area (TPSA) is 35.8 Å². The van der Waals surface area contributed by atoms with Gasteiger partial charge in [-0.2, -0.15) is 0 Å². The van der Waals surface area contributed by atoms with E-state index in [0.717, 1.165) is 28.5 Å². The molecule has 0 radical (unpaired) electrons. The van der Waals surface area contributed by atoms with E-state index in [0.29, 0.717) is 0 Å². The van der Waals surface area contributed by atoms with Crippen LogP contribution in [0.1, 0.15) is 0 Å². The predicted molar refractivity (Wildman–Crippen MR) is 73.7 cm³/mol. The van der Waals surface area contributed by atoms with E-state index in [-0.39, 0.29) is 0 Å². The summed E-state index contributed by atoms with van der Waals surface area (Å²) in [6.07, 6.45) is 1.97. The molecule has 0 spiro atoms. The molecule has 0 unspecified atom stereocenters. The van der Waals surface area contributed by atoms with Crippen LogP contribution < -0.4 is 9.47 Å². The average Bonchev–Trinajstić information content (AvgIpc) is 2.91. The maximum atomic E-state index is 5.32. The number of fused-ring (bicyclic) bond motifs is 1. The van der Waals surface area contributed by atoms with Crippen molar-refractivity contribution in [3.63, 3.8) is 0 Å². The number of hydrogen-bond acceptors (Lipinski definition) is 3. The Labute approximate surface area is 111 Å². The summed E-state index contributed by atoms with van der Waals surface area (Å²) in [5, 5.41) is 0. The van der Waals surface area contributed by atoms with Gasteiger partial charge in [-0.05, 0) is 36.4 Å². The monoisotopic (exact) mass is 254 g/mol. The molecule has 0 aliphatic rings. The van der Waals surface area contributed by atoms with Gasteiger partial charge in [-0.25, -0.2) is 4.98 Å². The van der Waals surface area contributed by atoms with Crippen LogP contribution in [0.5, 0.6) is 11.6 Å². The fourth-order valence-corrected chi connectivity index (χ4v) is 2.05. The second-order valence-corrected chi connectivity index (χ2v) is 4.15. The first kappa shape index (κ1) is 11.6. The minimum absolute atomic E-state index is 0.768. The number of nitrogens with zero attached hydrogens (tertiary/aromatic N) is 2. The van der Waals surface area contributed by atoms with Crippen LogP contribution in [0.3, 0.4) is 0 Å². The smallest absolute Gasteiger partial charge is 0.198 e. The third-order valence-corrected chi connectivity index (χ3v) is 3.05. The Morgan fingerprint density at radius 2 is 1.74 bits per heavy atom. The van der Waals surface area contributed by atoms with E-state index < -0.39 is 0 Å². The van der Waals surface area contributed by atoms with Crippen molar-refractivity contribution in [1.29, 1.82) is 0 Å². The van der Waals surface area contributed by atoms with E-state index in [1.165, 1.54) is 0 Å². The molecule has 0 bridgehead atoms. The maximum Gasteiger partial charge on any atom is 0.198 e. The first-order valence-corrected chi connectivity index (χ1v) is 5.98. The van der Waals surface area contributed by atoms with Gasteiger partial charge in [0.05, 0.1) is 19.9 Å². The molecule has 3 aromatic rings. The van der Waals surface area contributed by atoms with Crippen molar-refractivity contribution in [3.8, 4) is 22.9 Å². The van der Waals surface area contributed by atoms with E-state index in [1.54, 1.807) is 14.2 Å². The molecule has 19 heavy (non-hydrogen) atoms. The van der Waals surface area contributed by atoms with Gasteiger partial charge in [0.2, 0.25) is 0 Å². The molecular formula is C15H14N2O2. The number of rotatable bonds is 3. The molecule has 0 aliphatic heterocycles. The van der Waals surface area contributed by atoms with Gasteiger partial charge in [-0.1, -0.05) is 6.07 Å². The lowest BCUT2D eigenvalue weighted by atomic mass is 10.2. The molecule has 0 atom stereocenters. The van der Waals surface area contributed by atoms with Gasteiger partial charge in [0, 0.05) is 11.8 Å². The molecule has 1 aromatic carbocycles. The van der Waals surface area contributed by atoms with Gasteiger partial charge in [0.25, 0.3) is 0 Å². The molecule has 0 aliphatic carbocycles. The summed E-state index contributed by atoms with van der Waals surface area (Å²) in [4.78, 5) is 4.59. The highest BCUT2D eigenvalue weighted by Crippen LogP contribution is 2.24. The maximum absolute atomic E-state index is 5.32. The van der Waals surface area contributed by atoms with Crippen LogP contribution in [0.2, 0.25) is 0 Å². The summed E-state index contributed by atoms with van der Waals surface area (Å²) in [7, 11) is 3.31. The summed E-state index contributed by atoms with van der Waals surface area (Å²) in [6, 6.07) is 13.6. The summed E-state index contributed by atoms with van der Waals surface area (Å²) < 4.78 is 12.4. The van der Waals surface area contributed by atoms with Crippen LogP contribution in [0.4, 0.5) is 0 Å². The van der Waals surface area contributed by atoms with E-state index in [9.17, 15) is 0 Å². The highest BCUT2D eigenvalue weighted by atomic mass is 16.5. The van der Waals surface area contributed by atoms with Crippen LogP contribution in [0.15, 0.2) is 48.7 Å². The third kappa shape index (κ3) is 2.01. The molecule has 0 N–H and O–H groups in total. The van der Waals surface area contributed by atoms with Crippen molar-refractivity contribution in [3.05, 3.63) is 48.7 Å². The number of hydrogen-bond donors (Lipinski definition) is 0. The van der Waals surface area contributed by atoms with Crippen molar-refractivity contribution in [2.24, 2.45) is 0 Å². The highest BCUT2D eigenvalue weighted by Gasteiger charge is 2.07. The number of ether oxygens (including phenoxy) is 2. The lowest BCUT2D eigenvalue weighted by molar-refractivity contribution is 0.392. The van der Waals surface area contributed by atoms with Crippen LogP contribution >= 0.6 is 0 Å². The van der Waals surface area contributed by atoms with Crippen LogP contribution in [-0.2, 0) is 0 Å². The van der Waals surface area contributed by atoms with Crippen molar-refractivity contribution < 1.29 is 9.47 Å². The van der Waals surface area contributed by atoms with Crippen molar-refractivity contribution >= 4 is 5.65 Å². The van der Waals surface area contributed by atoms with Crippen LogP contribution in [0, 0.1) is 0 Å². The minimum Gasteiger partial charge on any atom is -0.497 e. The Balaban J connectivity index is 2.09. The zero-order chi connectivity index (χ0) is 13.2. The Morgan fingerprint density at radius 3 is 2.42 bits per heavy atom. The SMILES string of the molecule is COc1ccc(-c2cn3c(OC)cccc3n2)cc1. The lowest BCUT2D eigenvalue weighted by Crippen LogP contribution is -1.91. The molecular weight excluding hydrogens is 240 g/mol. The molecule has 0 saturated carbocycles. The average molecular weight is 254 g/mol. The number of aromatic nitrogens is 2. The van der Waals surface area contributed by atoms with Gasteiger partial charge in [-0.15, -0.1) is 0 Å². The Hall–Kier alpha value is -2.49. The molecule has 2 aromatic heterocycles. The summed E-state index contributed by atoms with van der Waals surface area (Å²) >= 11 is 0. The lowest BCUT2D eigenvalue weighted by Gasteiger charge is -2.01. The highest BCUT2D eigenvalue weighted by molar-refractivity contribution is 5.64. The quantitative estimate of drug-likeness (QED) is 0.720. The Bertz CT molecular complexity index is 702. The van der Waals surface area contributed by atoms with Gasteiger partial charge < -0.3 is 9.47 Å². The van der Waals surface area contributed by atoms with Gasteiger partial charge >= 0.3 is 0 Å². The summed E-state index contributed by atoms with van der Waals surface area (Å²) in [6.45, 7) is 0. The minimum atomic E-state index is 0.768. The largest absolute Gasteiger partial charge is 0.497 e. The van der Waals surface area contributed by atoms with E-state index in [1.807, 2.05) is 53.1 Å². The molecule has 0 amide bonds. The Kier molecular flexibility index (Phi) is 2.83. The van der Waals surface area contributed by atoms with Crippen LogP contribution in [-0.4, -0.2) is 23.6 Å². The van der Waals surface area contributed by atoms with Gasteiger partial charge in [0.1, 0.15) is 11.4 Å². The third-order valence-electron chi connectivity index (χ3n) is 3.05. The van der Waals surface area contributed by atoms with Gasteiger partial charge in [-0.3, -0.25) is 4.40 Å². The number of pyridine rings is 1. The molecule has 96 valence electrons. The molecule has 0 saturated heterocycles. The molecule has 3 rings (SSSR count). The van der Waals surface area contributed by atoms with E-state index in [2.05, 4.69) is 4.98 Å². The van der Waals surface area contributed by atoms with Gasteiger partial charge in [0.15, 0.2) is 5.88 Å².